The number of carbonyl (C=O) groups excluding carboxylic acids is 1. The molecule has 130 valence electrons. The molecule has 0 radical (unpaired) electrons. The molecule has 0 aromatic heterocycles. The van der Waals surface area contributed by atoms with Crippen molar-refractivity contribution < 1.29 is 9.53 Å². The average Bonchev–Trinajstić information content (AvgIpc) is 2.61. The lowest BCUT2D eigenvalue weighted by Gasteiger charge is -2.16. The predicted octanol–water partition coefficient (Wildman–Crippen LogP) is 5.12. The summed E-state index contributed by atoms with van der Waals surface area (Å²) in [5.74, 6) is -0.0722. The summed E-state index contributed by atoms with van der Waals surface area (Å²) in [6, 6.07) is 14.3. The van der Waals surface area contributed by atoms with Crippen LogP contribution in [-0.4, -0.2) is 12.6 Å². The molecule has 2 rings (SSSR count). The maximum absolute atomic E-state index is 11.2. The molecule has 1 atom stereocenters. The molecule has 4 heteroatoms. The van der Waals surface area contributed by atoms with E-state index in [1.54, 1.807) is 6.26 Å². The van der Waals surface area contributed by atoms with Crippen LogP contribution in [-0.2, 0) is 16.0 Å². The Balaban J connectivity index is 2.31. The molecule has 4 nitrogen and oxygen atoms in total. The lowest BCUT2D eigenvalue weighted by atomic mass is 9.94. The molecular weight excluding hydrogens is 312 g/mol. The van der Waals surface area contributed by atoms with Gasteiger partial charge in [0.1, 0.15) is 12.4 Å². The lowest BCUT2D eigenvalue weighted by Crippen LogP contribution is -2.05. The number of nitrogens with zero attached hydrogens (tertiary/aromatic N) is 1. The topological polar surface area (TPSA) is 50.7 Å². The first-order valence-electron chi connectivity index (χ1n) is 8.32. The van der Waals surface area contributed by atoms with Crippen LogP contribution in [0.4, 0.5) is 5.69 Å². The van der Waals surface area contributed by atoms with Crippen LogP contribution < -0.4 is 5.32 Å². The molecule has 2 aromatic rings. The first kappa shape index (κ1) is 18.5. The van der Waals surface area contributed by atoms with E-state index in [1.807, 2.05) is 31.2 Å². The Morgan fingerprint density at radius 3 is 2.60 bits per heavy atom. The Kier molecular flexibility index (Phi) is 6.52. The SMILES string of the molecule is C=N/C=C\OC(C)c1ccc(CC)c(-c2ccc(NC(C)=O)cc2)c1. The minimum Gasteiger partial charge on any atom is -0.492 e. The smallest absolute Gasteiger partial charge is 0.221 e. The minimum atomic E-state index is -0.0821. The maximum atomic E-state index is 11.2. The van der Waals surface area contributed by atoms with Crippen LogP contribution in [0.5, 0.6) is 0 Å². The van der Waals surface area contributed by atoms with Crippen molar-refractivity contribution in [1.29, 1.82) is 0 Å². The Labute approximate surface area is 149 Å². The number of amides is 1. The molecule has 1 amide bonds. The molecule has 0 aliphatic heterocycles. The largest absolute Gasteiger partial charge is 0.492 e. The summed E-state index contributed by atoms with van der Waals surface area (Å²) in [6.45, 7) is 9.03. The summed E-state index contributed by atoms with van der Waals surface area (Å²) in [4.78, 5) is 14.8. The molecule has 0 saturated heterocycles. The summed E-state index contributed by atoms with van der Waals surface area (Å²) in [5, 5.41) is 2.79. The van der Waals surface area contributed by atoms with Gasteiger partial charge in [-0.05, 0) is 60.5 Å². The molecular formula is C21H24N2O2. The van der Waals surface area contributed by atoms with E-state index in [1.165, 1.54) is 24.3 Å². The van der Waals surface area contributed by atoms with E-state index in [2.05, 4.69) is 42.1 Å². The van der Waals surface area contributed by atoms with Crippen molar-refractivity contribution in [3.8, 4) is 11.1 Å². The zero-order valence-corrected chi connectivity index (χ0v) is 15.0. The predicted molar refractivity (Wildman–Crippen MR) is 104 cm³/mol. The van der Waals surface area contributed by atoms with Crippen LogP contribution in [0, 0.1) is 0 Å². The van der Waals surface area contributed by atoms with Crippen molar-refractivity contribution in [2.45, 2.75) is 33.3 Å². The third kappa shape index (κ3) is 5.05. The number of carbonyl (C=O) groups is 1. The standard InChI is InChI=1S/C21H24N2O2/c1-5-17-6-7-19(15(2)25-13-12-22-4)14-21(17)18-8-10-20(11-9-18)23-16(3)24/h6-15H,4-5H2,1-3H3,(H,23,24)/b13-12-. The van der Waals surface area contributed by atoms with Gasteiger partial charge in [-0.15, -0.1) is 0 Å². The highest BCUT2D eigenvalue weighted by Gasteiger charge is 2.10. The highest BCUT2D eigenvalue weighted by Crippen LogP contribution is 2.30. The average molecular weight is 336 g/mol. The number of hydrogen-bond donors (Lipinski definition) is 1. The molecule has 0 aliphatic carbocycles. The number of anilines is 1. The summed E-state index contributed by atoms with van der Waals surface area (Å²) >= 11 is 0. The molecule has 2 aromatic carbocycles. The fourth-order valence-electron chi connectivity index (χ4n) is 2.63. The zero-order valence-electron chi connectivity index (χ0n) is 15.0. The van der Waals surface area contributed by atoms with E-state index >= 15 is 0 Å². The molecule has 0 spiro atoms. The fourth-order valence-corrected chi connectivity index (χ4v) is 2.63. The Hall–Kier alpha value is -2.88. The van der Waals surface area contributed by atoms with Crippen molar-refractivity contribution in [2.24, 2.45) is 4.99 Å². The van der Waals surface area contributed by atoms with E-state index in [0.29, 0.717) is 0 Å². The number of aliphatic imine (C=N–C) groups is 1. The molecule has 1 unspecified atom stereocenters. The zero-order chi connectivity index (χ0) is 18.2. The lowest BCUT2D eigenvalue weighted by molar-refractivity contribution is -0.114. The van der Waals surface area contributed by atoms with E-state index in [9.17, 15) is 4.79 Å². The van der Waals surface area contributed by atoms with Crippen LogP contribution in [0.25, 0.3) is 11.1 Å². The van der Waals surface area contributed by atoms with Crippen LogP contribution in [0.2, 0.25) is 0 Å². The van der Waals surface area contributed by atoms with Crippen molar-refractivity contribution in [1.82, 2.24) is 0 Å². The van der Waals surface area contributed by atoms with Crippen LogP contribution >= 0.6 is 0 Å². The first-order valence-corrected chi connectivity index (χ1v) is 8.32. The van der Waals surface area contributed by atoms with Gasteiger partial charge in [0.15, 0.2) is 0 Å². The van der Waals surface area contributed by atoms with E-state index in [0.717, 1.165) is 23.2 Å². The van der Waals surface area contributed by atoms with Crippen molar-refractivity contribution in [3.05, 3.63) is 66.1 Å². The monoisotopic (exact) mass is 336 g/mol. The van der Waals surface area contributed by atoms with Gasteiger partial charge in [0, 0.05) is 12.6 Å². The van der Waals surface area contributed by atoms with Gasteiger partial charge in [-0.2, -0.15) is 0 Å². The van der Waals surface area contributed by atoms with Crippen molar-refractivity contribution in [2.75, 3.05) is 5.32 Å². The third-order valence-electron chi connectivity index (χ3n) is 3.95. The molecule has 1 N–H and O–H groups in total. The van der Waals surface area contributed by atoms with Crippen LogP contribution in [0.1, 0.15) is 38.0 Å². The van der Waals surface area contributed by atoms with E-state index in [-0.39, 0.29) is 12.0 Å². The van der Waals surface area contributed by atoms with Gasteiger partial charge >= 0.3 is 0 Å². The second-order valence-corrected chi connectivity index (χ2v) is 5.77. The summed E-state index contributed by atoms with van der Waals surface area (Å²) in [6.07, 6.45) is 3.94. The highest BCUT2D eigenvalue weighted by atomic mass is 16.5. The van der Waals surface area contributed by atoms with Gasteiger partial charge < -0.3 is 10.1 Å². The Morgan fingerprint density at radius 1 is 1.28 bits per heavy atom. The van der Waals surface area contributed by atoms with Gasteiger partial charge in [-0.25, -0.2) is 0 Å². The number of ether oxygens (including phenoxy) is 1. The third-order valence-corrected chi connectivity index (χ3v) is 3.95. The number of rotatable bonds is 7. The minimum absolute atomic E-state index is 0.0722. The highest BCUT2D eigenvalue weighted by molar-refractivity contribution is 5.89. The van der Waals surface area contributed by atoms with Crippen molar-refractivity contribution >= 4 is 18.3 Å². The van der Waals surface area contributed by atoms with Crippen LogP contribution in [0.15, 0.2) is 59.9 Å². The summed E-state index contributed by atoms with van der Waals surface area (Å²) < 4.78 is 5.63. The molecule has 0 aliphatic rings. The fraction of sp³-hybridized carbons (Fsp3) is 0.238. The van der Waals surface area contributed by atoms with E-state index in [4.69, 9.17) is 4.74 Å². The molecule has 0 heterocycles. The van der Waals surface area contributed by atoms with Gasteiger partial charge in [-0.1, -0.05) is 31.2 Å². The Bertz CT molecular complexity index is 764. The van der Waals surface area contributed by atoms with E-state index < -0.39 is 0 Å². The Morgan fingerprint density at radius 2 is 2.00 bits per heavy atom. The summed E-state index contributed by atoms with van der Waals surface area (Å²) in [5.41, 5.74) is 5.45. The molecule has 25 heavy (non-hydrogen) atoms. The molecule has 0 bridgehead atoms. The van der Waals surface area contributed by atoms with Gasteiger partial charge in [0.05, 0.1) is 6.20 Å². The number of aryl methyl sites for hydroxylation is 1. The maximum Gasteiger partial charge on any atom is 0.221 e. The number of hydrogen-bond acceptors (Lipinski definition) is 3. The summed E-state index contributed by atoms with van der Waals surface area (Å²) in [7, 11) is 0. The normalized spacial score (nSPS) is 12.0. The first-order chi connectivity index (χ1) is 12.0. The van der Waals surface area contributed by atoms with Gasteiger partial charge in [0.25, 0.3) is 0 Å². The quantitative estimate of drug-likeness (QED) is 0.563. The van der Waals surface area contributed by atoms with Gasteiger partial charge in [-0.3, -0.25) is 9.79 Å². The van der Waals surface area contributed by atoms with Crippen molar-refractivity contribution in [3.63, 3.8) is 0 Å². The molecule has 0 fully saturated rings. The number of benzene rings is 2. The number of nitrogens with one attached hydrogen (secondary N) is 1. The van der Waals surface area contributed by atoms with Gasteiger partial charge in [0.2, 0.25) is 5.91 Å². The second kappa shape index (κ2) is 8.83. The van der Waals surface area contributed by atoms with Crippen LogP contribution in [0.3, 0.4) is 0 Å². The molecule has 0 saturated carbocycles. The second-order valence-electron chi connectivity index (χ2n) is 5.77.